The van der Waals surface area contributed by atoms with Crippen LogP contribution < -0.4 is 10.6 Å². The number of hydrogen-bond acceptors (Lipinski definition) is 4. The van der Waals surface area contributed by atoms with Crippen LogP contribution in [0.1, 0.15) is 15.9 Å². The van der Waals surface area contributed by atoms with Crippen LogP contribution >= 0.6 is 15.9 Å². The van der Waals surface area contributed by atoms with Gasteiger partial charge in [0.2, 0.25) is 0 Å². The average Bonchev–Trinajstić information content (AvgIpc) is 2.75. The number of rotatable bonds is 5. The van der Waals surface area contributed by atoms with Crippen molar-refractivity contribution < 1.29 is 4.79 Å². The second kappa shape index (κ2) is 8.19. The summed E-state index contributed by atoms with van der Waals surface area (Å²) in [5.41, 5.74) is 2.40. The number of pyridine rings is 2. The van der Waals surface area contributed by atoms with Crippen LogP contribution in [0.25, 0.3) is 10.8 Å². The maximum Gasteiger partial charge on any atom is 0.258 e. The molecule has 4 aromatic rings. The van der Waals surface area contributed by atoms with Gasteiger partial charge in [-0.25, -0.2) is 4.98 Å². The molecule has 138 valence electrons. The van der Waals surface area contributed by atoms with Gasteiger partial charge in [0.25, 0.3) is 5.91 Å². The molecular weight excluding hydrogens is 416 g/mol. The molecule has 0 aliphatic carbocycles. The van der Waals surface area contributed by atoms with E-state index in [0.29, 0.717) is 17.9 Å². The maximum absolute atomic E-state index is 12.9. The van der Waals surface area contributed by atoms with Gasteiger partial charge in [-0.15, -0.1) is 0 Å². The molecule has 0 saturated heterocycles. The Hall–Kier alpha value is -3.25. The average molecular weight is 433 g/mol. The first-order valence-corrected chi connectivity index (χ1v) is 9.58. The molecule has 2 aromatic carbocycles. The number of halogens is 1. The van der Waals surface area contributed by atoms with Crippen molar-refractivity contribution >= 4 is 44.1 Å². The molecule has 28 heavy (non-hydrogen) atoms. The van der Waals surface area contributed by atoms with Crippen molar-refractivity contribution in [3.8, 4) is 0 Å². The lowest BCUT2D eigenvalue weighted by Crippen LogP contribution is -2.16. The number of amides is 1. The van der Waals surface area contributed by atoms with Crippen LogP contribution in [0.3, 0.4) is 0 Å². The third-order valence-corrected chi connectivity index (χ3v) is 5.18. The van der Waals surface area contributed by atoms with Gasteiger partial charge in [0.1, 0.15) is 5.82 Å². The molecule has 0 unspecified atom stereocenters. The summed E-state index contributed by atoms with van der Waals surface area (Å²) in [6.07, 6.45) is 5.25. The van der Waals surface area contributed by atoms with E-state index in [0.717, 1.165) is 26.5 Å². The highest BCUT2D eigenvalue weighted by Gasteiger charge is 2.14. The van der Waals surface area contributed by atoms with Crippen molar-refractivity contribution in [2.75, 3.05) is 10.6 Å². The number of nitrogens with zero attached hydrogens (tertiary/aromatic N) is 2. The van der Waals surface area contributed by atoms with Crippen molar-refractivity contribution in [1.29, 1.82) is 0 Å². The maximum atomic E-state index is 12.9. The van der Waals surface area contributed by atoms with E-state index < -0.39 is 0 Å². The smallest absolute Gasteiger partial charge is 0.258 e. The van der Waals surface area contributed by atoms with Gasteiger partial charge in [0, 0.05) is 41.6 Å². The van der Waals surface area contributed by atoms with Gasteiger partial charge in [-0.3, -0.25) is 9.78 Å². The van der Waals surface area contributed by atoms with Crippen LogP contribution in [-0.4, -0.2) is 15.9 Å². The molecule has 2 heterocycles. The molecule has 0 aliphatic rings. The first-order valence-electron chi connectivity index (χ1n) is 8.79. The summed E-state index contributed by atoms with van der Waals surface area (Å²) in [6.45, 7) is 0.602. The quantitative estimate of drug-likeness (QED) is 0.451. The fourth-order valence-corrected chi connectivity index (χ4v) is 3.49. The summed E-state index contributed by atoms with van der Waals surface area (Å²) < 4.78 is 0.765. The van der Waals surface area contributed by atoms with E-state index in [1.807, 2.05) is 54.6 Å². The Labute approximate surface area is 171 Å². The normalized spacial score (nSPS) is 10.6. The SMILES string of the molecule is O=C(Nc1ncc2ccccc2c1Br)c1ccccc1NCc1ccncc1. The Kier molecular flexibility index (Phi) is 5.30. The zero-order valence-electron chi connectivity index (χ0n) is 14.9. The van der Waals surface area contributed by atoms with Crippen molar-refractivity contribution in [3.63, 3.8) is 0 Å². The van der Waals surface area contributed by atoms with Gasteiger partial charge >= 0.3 is 0 Å². The summed E-state index contributed by atoms with van der Waals surface area (Å²) in [7, 11) is 0. The second-order valence-electron chi connectivity index (χ2n) is 6.22. The molecule has 0 bridgehead atoms. The van der Waals surface area contributed by atoms with Crippen LogP contribution in [0.2, 0.25) is 0 Å². The summed E-state index contributed by atoms with van der Waals surface area (Å²) in [5.74, 6) is 0.272. The highest BCUT2D eigenvalue weighted by Crippen LogP contribution is 2.30. The Bertz CT molecular complexity index is 1130. The lowest BCUT2D eigenvalue weighted by molar-refractivity contribution is 0.102. The number of fused-ring (bicyclic) bond motifs is 1. The van der Waals surface area contributed by atoms with Gasteiger partial charge in [-0.2, -0.15) is 0 Å². The van der Waals surface area contributed by atoms with E-state index in [-0.39, 0.29) is 5.91 Å². The minimum absolute atomic E-state index is 0.221. The summed E-state index contributed by atoms with van der Waals surface area (Å²) in [5, 5.41) is 8.23. The van der Waals surface area contributed by atoms with Crippen LogP contribution in [0.15, 0.2) is 83.7 Å². The van der Waals surface area contributed by atoms with E-state index in [9.17, 15) is 4.79 Å². The molecule has 0 aliphatic heterocycles. The molecule has 0 radical (unpaired) electrons. The van der Waals surface area contributed by atoms with E-state index >= 15 is 0 Å². The first-order chi connectivity index (χ1) is 13.7. The molecule has 1 amide bonds. The predicted molar refractivity (Wildman–Crippen MR) is 115 cm³/mol. The van der Waals surface area contributed by atoms with Crippen LogP contribution in [-0.2, 0) is 6.54 Å². The predicted octanol–water partition coefficient (Wildman–Crippen LogP) is 5.26. The van der Waals surface area contributed by atoms with Gasteiger partial charge in [-0.1, -0.05) is 36.4 Å². The highest BCUT2D eigenvalue weighted by atomic mass is 79.9. The monoisotopic (exact) mass is 432 g/mol. The molecule has 5 nitrogen and oxygen atoms in total. The zero-order chi connectivity index (χ0) is 19.3. The molecule has 0 atom stereocenters. The summed E-state index contributed by atoms with van der Waals surface area (Å²) in [6, 6.07) is 19.2. The molecule has 0 saturated carbocycles. The topological polar surface area (TPSA) is 66.9 Å². The number of anilines is 2. The summed E-state index contributed by atoms with van der Waals surface area (Å²) in [4.78, 5) is 21.3. The minimum atomic E-state index is -0.221. The third kappa shape index (κ3) is 3.87. The van der Waals surface area contributed by atoms with E-state index in [1.165, 1.54) is 0 Å². The molecule has 0 spiro atoms. The minimum Gasteiger partial charge on any atom is -0.380 e. The lowest BCUT2D eigenvalue weighted by atomic mass is 10.1. The van der Waals surface area contributed by atoms with Crippen molar-refractivity contribution in [2.24, 2.45) is 0 Å². The van der Waals surface area contributed by atoms with Gasteiger partial charge in [-0.05, 0) is 45.8 Å². The number of para-hydroxylation sites is 1. The molecule has 6 heteroatoms. The lowest BCUT2D eigenvalue weighted by Gasteiger charge is -2.13. The number of nitrogens with one attached hydrogen (secondary N) is 2. The first kappa shape index (κ1) is 18.1. The van der Waals surface area contributed by atoms with Crippen molar-refractivity contribution in [3.05, 3.63) is 94.9 Å². The van der Waals surface area contributed by atoms with Crippen LogP contribution in [0.5, 0.6) is 0 Å². The van der Waals surface area contributed by atoms with Crippen molar-refractivity contribution in [1.82, 2.24) is 9.97 Å². The molecular formula is C22H17BrN4O. The Balaban J connectivity index is 1.56. The number of benzene rings is 2. The largest absolute Gasteiger partial charge is 0.380 e. The number of aromatic nitrogens is 2. The Morgan fingerprint density at radius 3 is 2.57 bits per heavy atom. The number of carbonyl (C=O) groups excluding carboxylic acids is 1. The standard InChI is InChI=1S/C22H17BrN4O/c23-20-17-6-2-1-5-16(17)14-26-21(20)27-22(28)18-7-3-4-8-19(18)25-13-15-9-11-24-12-10-15/h1-12,14,25H,13H2,(H,26,27,28). The molecule has 0 fully saturated rings. The number of hydrogen-bond donors (Lipinski definition) is 2. The van der Waals surface area contributed by atoms with E-state index in [2.05, 4.69) is 36.5 Å². The Morgan fingerprint density at radius 1 is 0.964 bits per heavy atom. The van der Waals surface area contributed by atoms with Crippen LogP contribution in [0, 0.1) is 0 Å². The van der Waals surface area contributed by atoms with E-state index in [1.54, 1.807) is 24.7 Å². The molecule has 4 rings (SSSR count). The fourth-order valence-electron chi connectivity index (χ4n) is 2.92. The highest BCUT2D eigenvalue weighted by molar-refractivity contribution is 9.10. The number of carbonyl (C=O) groups is 1. The Morgan fingerprint density at radius 2 is 1.71 bits per heavy atom. The van der Waals surface area contributed by atoms with Gasteiger partial charge < -0.3 is 10.6 Å². The van der Waals surface area contributed by atoms with Crippen LogP contribution in [0.4, 0.5) is 11.5 Å². The second-order valence-corrected chi connectivity index (χ2v) is 7.01. The molecule has 2 N–H and O–H groups in total. The van der Waals surface area contributed by atoms with E-state index in [4.69, 9.17) is 0 Å². The fraction of sp³-hybridized carbons (Fsp3) is 0.0455. The summed E-state index contributed by atoms with van der Waals surface area (Å²) >= 11 is 3.56. The van der Waals surface area contributed by atoms with Crippen molar-refractivity contribution in [2.45, 2.75) is 6.54 Å². The zero-order valence-corrected chi connectivity index (χ0v) is 16.5. The van der Waals surface area contributed by atoms with Gasteiger partial charge in [0.15, 0.2) is 0 Å². The third-order valence-electron chi connectivity index (χ3n) is 4.37. The molecule has 2 aromatic heterocycles. The van der Waals surface area contributed by atoms with Gasteiger partial charge in [0.05, 0.1) is 10.0 Å².